The Bertz CT molecular complexity index is 2270. The van der Waals surface area contributed by atoms with E-state index in [4.69, 9.17) is 13.9 Å². The van der Waals surface area contributed by atoms with Crippen LogP contribution in [0, 0.1) is 35.3 Å². The quantitative estimate of drug-likeness (QED) is 0.0727. The van der Waals surface area contributed by atoms with E-state index in [1.807, 2.05) is 50.2 Å². The van der Waals surface area contributed by atoms with Gasteiger partial charge in [0.15, 0.2) is 0 Å². The maximum Gasteiger partial charge on any atom is 0.323 e. The van der Waals surface area contributed by atoms with Gasteiger partial charge in [-0.05, 0) is 78.8 Å². The number of carbonyl (C=O) groups is 1. The molecule has 1 aliphatic heterocycles. The summed E-state index contributed by atoms with van der Waals surface area (Å²) in [6, 6.07) is 21.8. The van der Waals surface area contributed by atoms with E-state index >= 15 is 0 Å². The number of nitro groups is 1. The molecule has 0 saturated carbocycles. The van der Waals surface area contributed by atoms with Crippen LogP contribution in [0.25, 0.3) is 22.6 Å². The van der Waals surface area contributed by atoms with Gasteiger partial charge in [-0.25, -0.2) is 0 Å². The highest BCUT2D eigenvalue weighted by Gasteiger charge is 2.26. The van der Waals surface area contributed by atoms with E-state index < -0.39 is 23.0 Å². The van der Waals surface area contributed by atoms with E-state index in [1.54, 1.807) is 24.3 Å². The van der Waals surface area contributed by atoms with Gasteiger partial charge in [0.25, 0.3) is 0 Å². The third kappa shape index (κ3) is 9.19. The summed E-state index contributed by atoms with van der Waals surface area (Å²) in [5.41, 5.74) is 6.23. The number of likely N-dealkylation sites (tertiary alicyclic amines) is 1. The number of hydrogen-bond acceptors (Lipinski definition) is 13. The van der Waals surface area contributed by atoms with E-state index in [2.05, 4.69) is 26.5 Å². The minimum absolute atomic E-state index is 0.00554. The fraction of sp³-hybridized carbons (Fsp3) is 0.317. The SMILES string of the molecule is Cc1c(COc2cc(OCc3cccc(C#N)c3)c(CN[C@H](C(=O)O)C(C)O)cc2[N+](=O)[O-])cccc1-c1cccc(-c2nnc(CN3CC[C@@H](O)C3)o2)c1C. The number of carboxylic acids is 1. The number of aliphatic carboxylic acids is 1. The van der Waals surface area contributed by atoms with Crippen LogP contribution in [0.2, 0.25) is 0 Å². The zero-order chi connectivity index (χ0) is 39.9. The minimum atomic E-state index is -1.34. The number of nitrogens with zero attached hydrogens (tertiary/aromatic N) is 5. The molecule has 0 aliphatic carbocycles. The Morgan fingerprint density at radius 2 is 1.73 bits per heavy atom. The van der Waals surface area contributed by atoms with Gasteiger partial charge in [-0.2, -0.15) is 5.26 Å². The lowest BCUT2D eigenvalue weighted by molar-refractivity contribution is -0.386. The first kappa shape index (κ1) is 39.5. The van der Waals surface area contributed by atoms with Crippen molar-refractivity contribution in [3.63, 3.8) is 0 Å². The largest absolute Gasteiger partial charge is 0.488 e. The smallest absolute Gasteiger partial charge is 0.323 e. The number of carboxylic acid groups (broad SMARTS) is 1. The predicted octanol–water partition coefficient (Wildman–Crippen LogP) is 5.45. The average molecular weight is 763 g/mol. The molecule has 1 fully saturated rings. The molecule has 1 aromatic heterocycles. The van der Waals surface area contributed by atoms with Gasteiger partial charge in [-0.3, -0.25) is 25.1 Å². The zero-order valence-corrected chi connectivity index (χ0v) is 31.1. The first-order valence-electron chi connectivity index (χ1n) is 18.0. The van der Waals surface area contributed by atoms with Gasteiger partial charge in [0.2, 0.25) is 17.5 Å². The summed E-state index contributed by atoms with van der Waals surface area (Å²) in [7, 11) is 0. The number of nitro benzene ring substituents is 1. The molecule has 2 heterocycles. The molecule has 1 saturated heterocycles. The third-order valence-corrected chi connectivity index (χ3v) is 9.81. The molecule has 15 heteroatoms. The second-order valence-corrected chi connectivity index (χ2v) is 13.8. The van der Waals surface area contributed by atoms with Crippen molar-refractivity contribution in [2.24, 2.45) is 0 Å². The molecule has 56 heavy (non-hydrogen) atoms. The molecule has 4 N–H and O–H groups in total. The molecule has 1 unspecified atom stereocenters. The van der Waals surface area contributed by atoms with Crippen LogP contribution < -0.4 is 14.8 Å². The van der Waals surface area contributed by atoms with Gasteiger partial charge in [0.05, 0.1) is 35.3 Å². The van der Waals surface area contributed by atoms with Crippen LogP contribution in [0.4, 0.5) is 5.69 Å². The number of aliphatic hydroxyl groups excluding tert-OH is 2. The fourth-order valence-electron chi connectivity index (χ4n) is 6.72. The number of nitrogens with one attached hydrogen (secondary N) is 1. The Morgan fingerprint density at radius 3 is 2.43 bits per heavy atom. The Labute approximate surface area is 322 Å². The lowest BCUT2D eigenvalue weighted by atomic mass is 9.91. The molecule has 0 radical (unpaired) electrons. The van der Waals surface area contributed by atoms with Crippen molar-refractivity contribution in [3.05, 3.63) is 122 Å². The van der Waals surface area contributed by atoms with Gasteiger partial charge < -0.3 is 29.2 Å². The van der Waals surface area contributed by atoms with Gasteiger partial charge in [-0.15, -0.1) is 10.2 Å². The number of aromatic nitrogens is 2. The Kier molecular flexibility index (Phi) is 12.4. The topological polar surface area (TPSA) is 217 Å². The summed E-state index contributed by atoms with van der Waals surface area (Å²) < 4.78 is 18.3. The number of benzene rings is 4. The van der Waals surface area contributed by atoms with Crippen molar-refractivity contribution < 1.29 is 38.9 Å². The second kappa shape index (κ2) is 17.5. The van der Waals surface area contributed by atoms with E-state index in [-0.39, 0.29) is 48.6 Å². The van der Waals surface area contributed by atoms with Crippen LogP contribution in [-0.4, -0.2) is 72.6 Å². The van der Waals surface area contributed by atoms with Crippen LogP contribution >= 0.6 is 0 Å². The summed E-state index contributed by atoms with van der Waals surface area (Å²) in [5.74, 6) is -0.302. The molecule has 0 bridgehead atoms. The maximum absolute atomic E-state index is 12.4. The van der Waals surface area contributed by atoms with Crippen molar-refractivity contribution in [1.29, 1.82) is 5.26 Å². The highest BCUT2D eigenvalue weighted by atomic mass is 16.6. The molecule has 290 valence electrons. The van der Waals surface area contributed by atoms with Gasteiger partial charge in [-0.1, -0.05) is 42.5 Å². The summed E-state index contributed by atoms with van der Waals surface area (Å²) in [6.07, 6.45) is -0.885. The van der Waals surface area contributed by atoms with E-state index in [0.717, 1.165) is 39.9 Å². The Morgan fingerprint density at radius 1 is 1.02 bits per heavy atom. The summed E-state index contributed by atoms with van der Waals surface area (Å²) in [4.78, 5) is 25.6. The number of ether oxygens (including phenoxy) is 2. The molecular formula is C41H42N6O9. The van der Waals surface area contributed by atoms with Crippen LogP contribution in [0.5, 0.6) is 11.5 Å². The van der Waals surface area contributed by atoms with Crippen molar-refractivity contribution in [1.82, 2.24) is 20.4 Å². The van der Waals surface area contributed by atoms with Crippen molar-refractivity contribution in [3.8, 4) is 40.1 Å². The number of aliphatic hydroxyl groups is 2. The monoisotopic (exact) mass is 762 g/mol. The molecule has 15 nitrogen and oxygen atoms in total. The van der Waals surface area contributed by atoms with E-state index in [1.165, 1.54) is 19.1 Å². The van der Waals surface area contributed by atoms with Gasteiger partial charge in [0.1, 0.15) is 25.0 Å². The average Bonchev–Trinajstić information content (AvgIpc) is 3.82. The number of nitriles is 1. The highest BCUT2D eigenvalue weighted by molar-refractivity contribution is 5.77. The van der Waals surface area contributed by atoms with Gasteiger partial charge >= 0.3 is 11.7 Å². The Balaban J connectivity index is 1.26. The molecule has 0 spiro atoms. The summed E-state index contributed by atoms with van der Waals surface area (Å²) in [5, 5.41) is 62.4. The predicted molar refractivity (Wildman–Crippen MR) is 203 cm³/mol. The van der Waals surface area contributed by atoms with Crippen molar-refractivity contribution in [2.75, 3.05) is 13.1 Å². The first-order valence-corrected chi connectivity index (χ1v) is 18.0. The minimum Gasteiger partial charge on any atom is -0.488 e. The molecule has 1 aliphatic rings. The van der Waals surface area contributed by atoms with E-state index in [0.29, 0.717) is 42.4 Å². The zero-order valence-electron chi connectivity index (χ0n) is 31.1. The second-order valence-electron chi connectivity index (χ2n) is 13.8. The third-order valence-electron chi connectivity index (χ3n) is 9.81. The van der Waals surface area contributed by atoms with Crippen LogP contribution in [0.3, 0.4) is 0 Å². The first-order chi connectivity index (χ1) is 26.9. The number of β-amino-alcohol motifs (C(OH)–C–C–N with tert-alkyl or cyclic N) is 1. The van der Waals surface area contributed by atoms with Gasteiger partial charge in [0, 0.05) is 42.9 Å². The Hall–Kier alpha value is -6.18. The summed E-state index contributed by atoms with van der Waals surface area (Å²) in [6.45, 7) is 6.84. The van der Waals surface area contributed by atoms with Crippen molar-refractivity contribution >= 4 is 11.7 Å². The van der Waals surface area contributed by atoms with Crippen LogP contribution in [-0.2, 0) is 31.1 Å². The number of hydrogen-bond donors (Lipinski definition) is 4. The van der Waals surface area contributed by atoms with E-state index in [9.17, 15) is 35.5 Å². The molecular weight excluding hydrogens is 720 g/mol. The normalized spacial score (nSPS) is 15.2. The highest BCUT2D eigenvalue weighted by Crippen LogP contribution is 2.38. The van der Waals surface area contributed by atoms with Crippen molar-refractivity contribution in [2.45, 2.75) is 71.7 Å². The van der Waals surface area contributed by atoms with Crippen LogP contribution in [0.15, 0.2) is 77.2 Å². The molecule has 5 aromatic rings. The molecule has 6 rings (SSSR count). The lowest BCUT2D eigenvalue weighted by Crippen LogP contribution is -2.44. The number of rotatable bonds is 16. The van der Waals surface area contributed by atoms with Crippen LogP contribution in [0.1, 0.15) is 52.6 Å². The lowest BCUT2D eigenvalue weighted by Gasteiger charge is -2.19. The fourth-order valence-corrected chi connectivity index (χ4v) is 6.72. The maximum atomic E-state index is 12.4. The molecule has 4 aromatic carbocycles. The molecule has 0 amide bonds. The summed E-state index contributed by atoms with van der Waals surface area (Å²) >= 11 is 0. The molecule has 3 atom stereocenters. The standard InChI is InChI=1S/C41H42N6O9/c1-24-29(9-5-10-32(24)33-11-6-12-34(25(33)2)40-45-44-38(56-40)21-46-14-13-31(49)20-46)23-55-37-17-36(54-22-28-8-4-7-27(15-28)18-42)30(16-35(37)47(52)53)19-43-39(26(3)48)41(50)51/h4-12,15-17,26,31,39,43,48-49H,13-14,19-23H2,1-3H3,(H,50,51)/t26?,31-,39+/m1/s1.